The summed E-state index contributed by atoms with van der Waals surface area (Å²) in [4.78, 5) is 12.6. The summed E-state index contributed by atoms with van der Waals surface area (Å²) in [6.07, 6.45) is 0. The maximum absolute atomic E-state index is 10.2. The molecule has 10 heavy (non-hydrogen) atoms. The van der Waals surface area contributed by atoms with E-state index in [2.05, 4.69) is 4.98 Å². The first-order chi connectivity index (χ1) is 4.61. The third-order valence-corrected chi connectivity index (χ3v) is 1.65. The highest BCUT2D eigenvalue weighted by molar-refractivity contribution is 6.41. The molecule has 0 aliphatic heterocycles. The number of hydrogen-bond acceptors (Lipinski definition) is 1. The Morgan fingerprint density at radius 1 is 1.60 bits per heavy atom. The number of H-pyrrole nitrogens is 1. The van der Waals surface area contributed by atoms with Gasteiger partial charge in [0.05, 0.1) is 5.02 Å². The van der Waals surface area contributed by atoms with E-state index < -0.39 is 5.97 Å². The smallest absolute Gasteiger partial charge is 0.352 e. The van der Waals surface area contributed by atoms with Gasteiger partial charge in [0.2, 0.25) is 0 Å². The molecule has 0 atom stereocenters. The van der Waals surface area contributed by atoms with E-state index in [1.54, 1.807) is 0 Å². The van der Waals surface area contributed by atoms with Crippen molar-refractivity contribution in [3.63, 3.8) is 0 Å². The van der Waals surface area contributed by atoms with Crippen LogP contribution in [-0.2, 0) is 0 Å². The fourth-order valence-electron chi connectivity index (χ4n) is 0.519. The molecule has 0 unspecified atom stereocenters. The molecule has 5 heteroatoms. The predicted molar refractivity (Wildman–Crippen MR) is 37.8 cm³/mol. The molecule has 0 aliphatic rings. The number of aromatic amines is 1. The zero-order valence-corrected chi connectivity index (χ0v) is 6.20. The van der Waals surface area contributed by atoms with Crippen LogP contribution < -0.4 is 0 Å². The maximum atomic E-state index is 10.2. The van der Waals surface area contributed by atoms with Gasteiger partial charge in [-0.1, -0.05) is 23.2 Å². The first kappa shape index (κ1) is 7.44. The first-order valence-corrected chi connectivity index (χ1v) is 3.14. The molecular formula is C5H3Cl2NO2. The lowest BCUT2D eigenvalue weighted by molar-refractivity contribution is 0.0691. The van der Waals surface area contributed by atoms with E-state index in [1.807, 2.05) is 0 Å². The molecule has 0 aliphatic carbocycles. The number of nitrogens with one attached hydrogen (secondary N) is 1. The normalized spacial score (nSPS) is 9.80. The first-order valence-electron chi connectivity index (χ1n) is 2.38. The Balaban J connectivity index is 3.10. The van der Waals surface area contributed by atoms with Crippen LogP contribution >= 0.6 is 23.2 Å². The summed E-state index contributed by atoms with van der Waals surface area (Å²) in [5.74, 6) is -1.08. The van der Waals surface area contributed by atoms with Crippen molar-refractivity contribution < 1.29 is 9.90 Å². The van der Waals surface area contributed by atoms with Gasteiger partial charge in [-0.3, -0.25) is 0 Å². The molecule has 0 aromatic carbocycles. The highest BCUT2D eigenvalue weighted by atomic mass is 35.5. The number of aromatic nitrogens is 1. The zero-order valence-electron chi connectivity index (χ0n) is 4.69. The largest absolute Gasteiger partial charge is 0.477 e. The van der Waals surface area contributed by atoms with Gasteiger partial charge in [0.1, 0.15) is 10.8 Å². The number of hydrogen-bond donors (Lipinski definition) is 2. The van der Waals surface area contributed by atoms with Gasteiger partial charge in [0.15, 0.2) is 0 Å². The van der Waals surface area contributed by atoms with Gasteiger partial charge in [-0.05, 0) is 6.07 Å². The molecule has 1 heterocycles. The molecule has 1 rings (SSSR count). The number of carboxylic acid groups (broad SMARTS) is 1. The SMILES string of the molecule is O=C(O)c1cc(Cl)c(Cl)[nH]1. The monoisotopic (exact) mass is 179 g/mol. The fraction of sp³-hybridized carbons (Fsp3) is 0. The summed E-state index contributed by atoms with van der Waals surface area (Å²) >= 11 is 10.9. The molecule has 2 N–H and O–H groups in total. The van der Waals surface area contributed by atoms with Crippen molar-refractivity contribution in [1.82, 2.24) is 4.98 Å². The van der Waals surface area contributed by atoms with Gasteiger partial charge in [0, 0.05) is 0 Å². The quantitative estimate of drug-likeness (QED) is 0.694. The third-order valence-electron chi connectivity index (χ3n) is 0.956. The highest BCUT2D eigenvalue weighted by Crippen LogP contribution is 2.21. The van der Waals surface area contributed by atoms with Crippen molar-refractivity contribution in [3.8, 4) is 0 Å². The number of rotatable bonds is 1. The van der Waals surface area contributed by atoms with Crippen LogP contribution in [0.25, 0.3) is 0 Å². The predicted octanol–water partition coefficient (Wildman–Crippen LogP) is 2.02. The minimum atomic E-state index is -1.08. The average Bonchev–Trinajstić information content (AvgIpc) is 2.13. The molecule has 0 bridgehead atoms. The molecule has 0 saturated heterocycles. The molecule has 0 amide bonds. The highest BCUT2D eigenvalue weighted by Gasteiger charge is 2.08. The van der Waals surface area contributed by atoms with Gasteiger partial charge in [-0.25, -0.2) is 4.79 Å². The summed E-state index contributed by atoms with van der Waals surface area (Å²) in [6.45, 7) is 0. The Kier molecular flexibility index (Phi) is 1.87. The van der Waals surface area contributed by atoms with Crippen LogP contribution in [0, 0.1) is 0 Å². The second kappa shape index (κ2) is 2.52. The number of carbonyl (C=O) groups is 1. The summed E-state index contributed by atoms with van der Waals surface area (Å²) in [5, 5.41) is 8.75. The molecule has 0 saturated carbocycles. The standard InChI is InChI=1S/C5H3Cl2NO2/c6-2-1-3(5(9)10)8-4(2)7/h1,8H,(H,9,10). The van der Waals surface area contributed by atoms with Gasteiger partial charge >= 0.3 is 5.97 Å². The lowest BCUT2D eigenvalue weighted by Gasteiger charge is -1.82. The fourth-order valence-corrected chi connectivity index (χ4v) is 0.832. The molecule has 1 aromatic heterocycles. The summed E-state index contributed by atoms with van der Waals surface area (Å²) in [5.41, 5.74) is -0.00463. The molecule has 54 valence electrons. The van der Waals surface area contributed by atoms with Crippen molar-refractivity contribution in [3.05, 3.63) is 21.9 Å². The minimum absolute atomic E-state index is 0.00463. The van der Waals surface area contributed by atoms with Gasteiger partial charge in [-0.15, -0.1) is 0 Å². The second-order valence-corrected chi connectivity index (χ2v) is 2.44. The van der Waals surface area contributed by atoms with E-state index in [0.29, 0.717) is 0 Å². The van der Waals surface area contributed by atoms with Crippen molar-refractivity contribution in [2.24, 2.45) is 0 Å². The van der Waals surface area contributed by atoms with Gasteiger partial charge in [-0.2, -0.15) is 0 Å². The minimum Gasteiger partial charge on any atom is -0.477 e. The maximum Gasteiger partial charge on any atom is 0.352 e. The van der Waals surface area contributed by atoms with E-state index in [0.717, 1.165) is 0 Å². The summed E-state index contributed by atoms with van der Waals surface area (Å²) < 4.78 is 0. The molecular weight excluding hydrogens is 177 g/mol. The van der Waals surface area contributed by atoms with Gasteiger partial charge in [0.25, 0.3) is 0 Å². The third kappa shape index (κ3) is 1.25. The topological polar surface area (TPSA) is 53.1 Å². The van der Waals surface area contributed by atoms with Crippen molar-refractivity contribution in [2.75, 3.05) is 0 Å². The van der Waals surface area contributed by atoms with Crippen molar-refractivity contribution in [2.45, 2.75) is 0 Å². The Labute approximate surface area is 66.6 Å². The molecule has 0 radical (unpaired) electrons. The van der Waals surface area contributed by atoms with E-state index in [9.17, 15) is 4.79 Å². The average molecular weight is 180 g/mol. The van der Waals surface area contributed by atoms with E-state index in [1.165, 1.54) is 6.07 Å². The molecule has 0 fully saturated rings. The van der Waals surface area contributed by atoms with E-state index in [4.69, 9.17) is 28.3 Å². The number of halogens is 2. The van der Waals surface area contributed by atoms with Crippen LogP contribution in [0.4, 0.5) is 0 Å². The van der Waals surface area contributed by atoms with Crippen LogP contribution in [0.2, 0.25) is 10.2 Å². The van der Waals surface area contributed by atoms with Crippen LogP contribution in [0.3, 0.4) is 0 Å². The lowest BCUT2D eigenvalue weighted by atomic mass is 10.4. The second-order valence-electron chi connectivity index (χ2n) is 1.65. The Morgan fingerprint density at radius 3 is 2.40 bits per heavy atom. The molecule has 1 aromatic rings. The lowest BCUT2D eigenvalue weighted by Crippen LogP contribution is -1.94. The summed E-state index contributed by atoms with van der Waals surface area (Å²) in [6, 6.07) is 1.26. The van der Waals surface area contributed by atoms with Crippen LogP contribution in [-0.4, -0.2) is 16.1 Å². The van der Waals surface area contributed by atoms with E-state index >= 15 is 0 Å². The van der Waals surface area contributed by atoms with E-state index in [-0.39, 0.29) is 15.9 Å². The Morgan fingerprint density at radius 2 is 2.20 bits per heavy atom. The molecule has 0 spiro atoms. The van der Waals surface area contributed by atoms with Crippen molar-refractivity contribution >= 4 is 29.2 Å². The van der Waals surface area contributed by atoms with Crippen LogP contribution in [0.1, 0.15) is 10.5 Å². The van der Waals surface area contributed by atoms with Gasteiger partial charge < -0.3 is 10.1 Å². The zero-order chi connectivity index (χ0) is 7.72. The molecule has 3 nitrogen and oxygen atoms in total. The number of carboxylic acids is 1. The Bertz CT molecular complexity index is 249. The van der Waals surface area contributed by atoms with Crippen molar-refractivity contribution in [1.29, 1.82) is 0 Å². The Hall–Kier alpha value is -0.670. The number of aromatic carboxylic acids is 1. The van der Waals surface area contributed by atoms with Crippen LogP contribution in [0.5, 0.6) is 0 Å². The van der Waals surface area contributed by atoms with Crippen LogP contribution in [0.15, 0.2) is 6.07 Å². The summed E-state index contributed by atoms with van der Waals surface area (Å²) in [7, 11) is 0.